The summed E-state index contributed by atoms with van der Waals surface area (Å²) >= 11 is 0. The number of allylic oxidation sites excluding steroid dienone is 4. The van der Waals surface area contributed by atoms with Gasteiger partial charge in [0.15, 0.2) is 0 Å². The molecule has 0 saturated heterocycles. The molecule has 0 aliphatic carbocycles. The third-order valence-corrected chi connectivity index (χ3v) is 14.8. The van der Waals surface area contributed by atoms with E-state index in [1.165, 1.54) is 257 Å². The summed E-state index contributed by atoms with van der Waals surface area (Å²) in [7, 11) is 0. The van der Waals surface area contributed by atoms with Crippen LogP contribution in [-0.4, -0.2) is 47.4 Å². The van der Waals surface area contributed by atoms with Crippen molar-refractivity contribution in [3.8, 4) is 0 Å². The van der Waals surface area contributed by atoms with Gasteiger partial charge in [-0.15, -0.1) is 0 Å². The van der Waals surface area contributed by atoms with Crippen molar-refractivity contribution in [2.24, 2.45) is 0 Å². The second-order valence-electron chi connectivity index (χ2n) is 21.7. The van der Waals surface area contributed by atoms with Gasteiger partial charge in [-0.25, -0.2) is 0 Å². The average molecular weight is 987 g/mol. The summed E-state index contributed by atoms with van der Waals surface area (Å²) in [4.78, 5) is 24.6. The van der Waals surface area contributed by atoms with Gasteiger partial charge in [0.25, 0.3) is 0 Å². The van der Waals surface area contributed by atoms with Gasteiger partial charge in [0.2, 0.25) is 5.91 Å². The Labute approximate surface area is 437 Å². The summed E-state index contributed by atoms with van der Waals surface area (Å²) in [6, 6.07) is -0.548. The average Bonchev–Trinajstić information content (AvgIpc) is 3.36. The Bertz CT molecular complexity index is 1090. The maximum absolute atomic E-state index is 12.5. The fourth-order valence-corrected chi connectivity index (χ4v) is 9.89. The maximum Gasteiger partial charge on any atom is 0.305 e. The normalized spacial score (nSPS) is 12.7. The molecule has 414 valence electrons. The van der Waals surface area contributed by atoms with E-state index in [9.17, 15) is 19.8 Å². The van der Waals surface area contributed by atoms with Gasteiger partial charge in [-0.2, -0.15) is 0 Å². The molecule has 0 aromatic rings. The first kappa shape index (κ1) is 68.3. The van der Waals surface area contributed by atoms with Gasteiger partial charge < -0.3 is 20.3 Å². The molecule has 0 saturated carbocycles. The number of hydrogen-bond acceptors (Lipinski definition) is 5. The van der Waals surface area contributed by atoms with E-state index in [2.05, 4.69) is 43.5 Å². The molecule has 0 radical (unpaired) electrons. The molecule has 70 heavy (non-hydrogen) atoms. The summed E-state index contributed by atoms with van der Waals surface area (Å²) in [6.07, 6.45) is 73.2. The van der Waals surface area contributed by atoms with Gasteiger partial charge >= 0.3 is 5.97 Å². The molecule has 0 heterocycles. The molecule has 2 unspecified atom stereocenters. The van der Waals surface area contributed by atoms with E-state index < -0.39 is 12.1 Å². The lowest BCUT2D eigenvalue weighted by Gasteiger charge is -2.22. The first-order valence-corrected chi connectivity index (χ1v) is 31.6. The standard InChI is InChI=1S/C64H123NO5/c1-3-5-7-9-11-13-15-17-19-20-21-22-23-24-25-26-29-32-36-40-44-48-52-56-62(67)61(60-66)65-63(68)57-53-49-45-41-37-33-30-27-28-31-35-39-43-47-51-55-59-70-64(69)58-54-50-46-42-38-34-18-16-14-12-10-8-6-4-2/h10,12,16,18,61-62,66-67H,3-9,11,13-15,17,19-60H2,1-2H3,(H,65,68)/b12-10-,18-16-. The van der Waals surface area contributed by atoms with Crippen LogP contribution >= 0.6 is 0 Å². The highest BCUT2D eigenvalue weighted by molar-refractivity contribution is 5.76. The molecular formula is C64H123NO5. The number of esters is 1. The van der Waals surface area contributed by atoms with Gasteiger partial charge in [-0.3, -0.25) is 9.59 Å². The molecule has 0 aliphatic heterocycles. The minimum Gasteiger partial charge on any atom is -0.466 e. The minimum absolute atomic E-state index is 0.0106. The number of amides is 1. The Kier molecular flexibility index (Phi) is 58.5. The van der Waals surface area contributed by atoms with Crippen LogP contribution in [0.1, 0.15) is 348 Å². The van der Waals surface area contributed by atoms with Crippen LogP contribution < -0.4 is 5.32 Å². The first-order valence-electron chi connectivity index (χ1n) is 31.6. The molecular weight excluding hydrogens is 863 g/mol. The summed E-state index contributed by atoms with van der Waals surface area (Å²) < 4.78 is 5.47. The summed E-state index contributed by atoms with van der Waals surface area (Å²) in [5, 5.41) is 23.4. The van der Waals surface area contributed by atoms with Gasteiger partial charge in [-0.1, -0.05) is 308 Å². The summed E-state index contributed by atoms with van der Waals surface area (Å²) in [5.74, 6) is -0.0491. The highest BCUT2D eigenvalue weighted by Crippen LogP contribution is 2.18. The molecule has 0 aromatic carbocycles. The van der Waals surface area contributed by atoms with Crippen LogP contribution in [0.2, 0.25) is 0 Å². The van der Waals surface area contributed by atoms with Crippen LogP contribution in [0.4, 0.5) is 0 Å². The van der Waals surface area contributed by atoms with Crippen LogP contribution in [0.5, 0.6) is 0 Å². The molecule has 0 spiro atoms. The highest BCUT2D eigenvalue weighted by atomic mass is 16.5. The van der Waals surface area contributed by atoms with Crippen LogP contribution in [0.25, 0.3) is 0 Å². The Hall–Kier alpha value is -1.66. The van der Waals surface area contributed by atoms with Crippen molar-refractivity contribution >= 4 is 11.9 Å². The number of aliphatic hydroxyl groups is 2. The molecule has 0 aliphatic rings. The van der Waals surface area contributed by atoms with Gasteiger partial charge in [0.05, 0.1) is 25.4 Å². The molecule has 0 fully saturated rings. The lowest BCUT2D eigenvalue weighted by Crippen LogP contribution is -2.45. The van der Waals surface area contributed by atoms with Crippen molar-refractivity contribution in [1.29, 1.82) is 0 Å². The largest absolute Gasteiger partial charge is 0.466 e. The monoisotopic (exact) mass is 986 g/mol. The van der Waals surface area contributed by atoms with Crippen LogP contribution in [0.3, 0.4) is 0 Å². The zero-order chi connectivity index (χ0) is 50.7. The van der Waals surface area contributed by atoms with E-state index in [4.69, 9.17) is 4.74 Å². The third kappa shape index (κ3) is 55.7. The number of aliphatic hydroxyl groups excluding tert-OH is 2. The number of unbranched alkanes of at least 4 members (excludes halogenated alkanes) is 44. The predicted octanol–water partition coefficient (Wildman–Crippen LogP) is 19.8. The van der Waals surface area contributed by atoms with Crippen molar-refractivity contribution in [3.05, 3.63) is 24.3 Å². The van der Waals surface area contributed by atoms with E-state index >= 15 is 0 Å². The van der Waals surface area contributed by atoms with Crippen molar-refractivity contribution < 1.29 is 24.5 Å². The third-order valence-electron chi connectivity index (χ3n) is 14.8. The zero-order valence-electron chi connectivity index (χ0n) is 47.3. The number of carbonyl (C=O) groups is 2. The van der Waals surface area contributed by atoms with E-state index in [1.807, 2.05) is 0 Å². The number of nitrogens with one attached hydrogen (secondary N) is 1. The number of hydrogen-bond donors (Lipinski definition) is 3. The van der Waals surface area contributed by atoms with Gasteiger partial charge in [0.1, 0.15) is 0 Å². The first-order chi connectivity index (χ1) is 34.5. The lowest BCUT2D eigenvalue weighted by molar-refractivity contribution is -0.143. The Morgan fingerprint density at radius 1 is 0.400 bits per heavy atom. The van der Waals surface area contributed by atoms with Crippen LogP contribution in [0.15, 0.2) is 24.3 Å². The quantitative estimate of drug-likeness (QED) is 0.0321. The van der Waals surface area contributed by atoms with Crippen molar-refractivity contribution in [1.82, 2.24) is 5.32 Å². The van der Waals surface area contributed by atoms with E-state index in [-0.39, 0.29) is 18.5 Å². The van der Waals surface area contributed by atoms with E-state index in [1.54, 1.807) is 0 Å². The fraction of sp³-hybridized carbons (Fsp3) is 0.906. The maximum atomic E-state index is 12.5. The Balaban J connectivity index is 3.43. The van der Waals surface area contributed by atoms with Crippen molar-refractivity contribution in [2.75, 3.05) is 13.2 Å². The van der Waals surface area contributed by atoms with E-state index in [0.29, 0.717) is 25.9 Å². The van der Waals surface area contributed by atoms with Gasteiger partial charge in [-0.05, 0) is 51.4 Å². The molecule has 3 N–H and O–H groups in total. The molecule has 1 amide bonds. The number of rotatable bonds is 59. The SMILES string of the molecule is CCCC/C=C\C/C=C\CCCCCCCC(=O)OCCCCCCCCCCCCCCCCCCC(=O)NC(CO)C(O)CCCCCCCCCCCCCCCCCCCCCCCCC. The molecule has 0 rings (SSSR count). The van der Waals surface area contributed by atoms with Crippen molar-refractivity contribution in [3.63, 3.8) is 0 Å². The van der Waals surface area contributed by atoms with Gasteiger partial charge in [0, 0.05) is 12.8 Å². The molecule has 2 atom stereocenters. The number of carbonyl (C=O) groups excluding carboxylic acids is 2. The minimum atomic E-state index is -0.671. The topological polar surface area (TPSA) is 95.9 Å². The van der Waals surface area contributed by atoms with Crippen molar-refractivity contribution in [2.45, 2.75) is 360 Å². The molecule has 6 nitrogen and oxygen atoms in total. The van der Waals surface area contributed by atoms with Crippen LogP contribution in [-0.2, 0) is 14.3 Å². The second kappa shape index (κ2) is 59.9. The van der Waals surface area contributed by atoms with E-state index in [0.717, 1.165) is 57.8 Å². The summed E-state index contributed by atoms with van der Waals surface area (Å²) in [6.45, 7) is 4.92. The second-order valence-corrected chi connectivity index (χ2v) is 21.7. The number of ether oxygens (including phenoxy) is 1. The van der Waals surface area contributed by atoms with Crippen LogP contribution in [0, 0.1) is 0 Å². The Morgan fingerprint density at radius 3 is 1.13 bits per heavy atom. The predicted molar refractivity (Wildman–Crippen MR) is 306 cm³/mol. The zero-order valence-corrected chi connectivity index (χ0v) is 47.3. The molecule has 6 heteroatoms. The lowest BCUT2D eigenvalue weighted by atomic mass is 10.0. The fourth-order valence-electron chi connectivity index (χ4n) is 9.89. The summed E-state index contributed by atoms with van der Waals surface area (Å²) in [5.41, 5.74) is 0. The Morgan fingerprint density at radius 2 is 0.729 bits per heavy atom. The molecule has 0 aromatic heterocycles. The molecule has 0 bridgehead atoms. The smallest absolute Gasteiger partial charge is 0.305 e. The highest BCUT2D eigenvalue weighted by Gasteiger charge is 2.20.